The van der Waals surface area contributed by atoms with Gasteiger partial charge in [-0.15, -0.1) is 12.6 Å². The highest BCUT2D eigenvalue weighted by atomic mass is 79.9. The Hall–Kier alpha value is -3.29. The average Bonchev–Trinajstić information content (AvgIpc) is 3.09. The second-order valence-corrected chi connectivity index (χ2v) is 14.5. The van der Waals surface area contributed by atoms with Crippen LogP contribution in [0.2, 0.25) is 0 Å². The number of likely N-dealkylation sites (tertiary alicyclic amines) is 3. The molecule has 0 aromatic heterocycles. The molecule has 2 aromatic carbocycles. The minimum atomic E-state index is -0.845. The molecule has 0 radical (unpaired) electrons. The van der Waals surface area contributed by atoms with Gasteiger partial charge in [0.15, 0.2) is 5.37 Å². The van der Waals surface area contributed by atoms with Crippen molar-refractivity contribution in [3.05, 3.63) is 58.1 Å². The summed E-state index contributed by atoms with van der Waals surface area (Å²) < 4.78 is 0.950. The van der Waals surface area contributed by atoms with E-state index in [9.17, 15) is 19.2 Å². The zero-order valence-corrected chi connectivity index (χ0v) is 30.4. The number of thiol groups is 1. The fourth-order valence-electron chi connectivity index (χ4n) is 7.03. The molecule has 13 heteroatoms. The quantitative estimate of drug-likeness (QED) is 0.233. The van der Waals surface area contributed by atoms with Crippen molar-refractivity contribution >= 4 is 63.8 Å². The fraction of sp³-hybridized carbons (Fsp3) is 0.543. The SMILES string of the molecule is CC(=O)N1CCC(N2Cc3ccccc3NC2=O)CC1.Cc1cc(Br)ccc1NC(=O)N[C@@H](S)C(=O)N1CCC(N2CCCCC2)CC1. The van der Waals surface area contributed by atoms with Gasteiger partial charge in [-0.25, -0.2) is 9.59 Å². The van der Waals surface area contributed by atoms with Crippen molar-refractivity contribution < 1.29 is 19.2 Å². The number of para-hydroxylation sites is 1. The Bertz CT molecular complexity index is 1460. The highest BCUT2D eigenvalue weighted by molar-refractivity contribution is 9.10. The van der Waals surface area contributed by atoms with E-state index in [0.29, 0.717) is 18.3 Å². The fourth-order valence-corrected chi connectivity index (χ4v) is 7.79. The van der Waals surface area contributed by atoms with Crippen molar-refractivity contribution in [2.24, 2.45) is 0 Å². The molecule has 48 heavy (non-hydrogen) atoms. The molecule has 11 nitrogen and oxygen atoms in total. The van der Waals surface area contributed by atoms with E-state index in [1.54, 1.807) is 6.92 Å². The zero-order valence-electron chi connectivity index (χ0n) is 27.9. The third-order valence-electron chi connectivity index (χ3n) is 9.83. The number of anilines is 2. The summed E-state index contributed by atoms with van der Waals surface area (Å²) in [5, 5.41) is 7.52. The summed E-state index contributed by atoms with van der Waals surface area (Å²) in [6.45, 7) is 9.48. The molecule has 0 aliphatic carbocycles. The second kappa shape index (κ2) is 16.9. The first-order valence-corrected chi connectivity index (χ1v) is 18.4. The largest absolute Gasteiger partial charge is 0.343 e. The molecule has 4 aliphatic heterocycles. The maximum Gasteiger partial charge on any atom is 0.322 e. The molecule has 3 saturated heterocycles. The van der Waals surface area contributed by atoms with Gasteiger partial charge >= 0.3 is 12.1 Å². The van der Waals surface area contributed by atoms with E-state index < -0.39 is 11.4 Å². The van der Waals surface area contributed by atoms with E-state index in [2.05, 4.69) is 49.4 Å². The number of piperidine rings is 3. The van der Waals surface area contributed by atoms with Crippen molar-refractivity contribution in [2.75, 3.05) is 49.9 Å². The van der Waals surface area contributed by atoms with Crippen LogP contribution in [0, 0.1) is 6.92 Å². The van der Waals surface area contributed by atoms with E-state index in [1.807, 2.05) is 64.1 Å². The Morgan fingerprint density at radius 2 is 1.54 bits per heavy atom. The molecule has 0 unspecified atom stereocenters. The number of fused-ring (bicyclic) bond motifs is 1. The first kappa shape index (κ1) is 36.0. The number of carbonyl (C=O) groups is 4. The number of benzene rings is 2. The summed E-state index contributed by atoms with van der Waals surface area (Å²) in [6, 6.07) is 13.9. The highest BCUT2D eigenvalue weighted by Crippen LogP contribution is 2.28. The standard InChI is InChI=1S/C20H29BrN4O2S.C15H19N3O2/c1-14-13-15(21)5-6-17(14)22-20(27)23-18(28)19(26)25-11-7-16(8-12-25)24-9-3-2-4-10-24;1-11(19)17-8-6-13(7-9-17)18-10-12-4-2-3-5-14(12)16-15(18)20/h5-6,13,16,18,28H,2-4,7-12H2,1H3,(H2,22,23,27);2-5,13H,6-10H2,1H3,(H,16,20)/t18-;/m0./s1. The van der Waals surface area contributed by atoms with Crippen LogP contribution in [0.1, 0.15) is 63.0 Å². The first-order valence-electron chi connectivity index (χ1n) is 17.0. The summed E-state index contributed by atoms with van der Waals surface area (Å²) in [7, 11) is 0. The molecule has 260 valence electrons. The van der Waals surface area contributed by atoms with Crippen LogP contribution in [0.25, 0.3) is 0 Å². The minimum absolute atomic E-state index is 0.0232. The van der Waals surface area contributed by atoms with E-state index >= 15 is 0 Å². The minimum Gasteiger partial charge on any atom is -0.343 e. The maximum absolute atomic E-state index is 12.7. The first-order chi connectivity index (χ1) is 23.1. The smallest absolute Gasteiger partial charge is 0.322 e. The third kappa shape index (κ3) is 9.44. The molecule has 2 aromatic rings. The van der Waals surface area contributed by atoms with Crippen LogP contribution >= 0.6 is 28.6 Å². The van der Waals surface area contributed by atoms with E-state index in [-0.39, 0.29) is 23.9 Å². The molecular weight excluding hydrogens is 694 g/mol. The lowest BCUT2D eigenvalue weighted by Crippen LogP contribution is -2.52. The van der Waals surface area contributed by atoms with Crippen LogP contribution in [-0.4, -0.2) is 100 Å². The Labute approximate surface area is 297 Å². The summed E-state index contributed by atoms with van der Waals surface area (Å²) in [4.78, 5) is 56.6. The van der Waals surface area contributed by atoms with Gasteiger partial charge in [-0.3, -0.25) is 9.59 Å². The van der Waals surface area contributed by atoms with Gasteiger partial charge in [-0.05, 0) is 93.9 Å². The van der Waals surface area contributed by atoms with Gasteiger partial charge in [0, 0.05) is 67.6 Å². The molecule has 6 rings (SSSR count). The van der Waals surface area contributed by atoms with Crippen LogP contribution in [0.5, 0.6) is 0 Å². The number of hydrogen-bond donors (Lipinski definition) is 4. The van der Waals surface area contributed by atoms with Crippen molar-refractivity contribution in [1.82, 2.24) is 24.9 Å². The Morgan fingerprint density at radius 3 is 2.21 bits per heavy atom. The molecule has 4 aliphatic rings. The lowest BCUT2D eigenvalue weighted by molar-refractivity contribution is -0.132. The number of nitrogens with zero attached hydrogens (tertiary/aromatic N) is 4. The number of rotatable bonds is 5. The number of amides is 6. The number of nitrogens with one attached hydrogen (secondary N) is 3. The second-order valence-electron chi connectivity index (χ2n) is 13.1. The Morgan fingerprint density at radius 1 is 0.896 bits per heavy atom. The predicted octanol–water partition coefficient (Wildman–Crippen LogP) is 5.66. The molecule has 3 fully saturated rings. The van der Waals surface area contributed by atoms with Crippen LogP contribution < -0.4 is 16.0 Å². The monoisotopic (exact) mass is 741 g/mol. The van der Waals surface area contributed by atoms with Gasteiger partial charge in [0.1, 0.15) is 0 Å². The van der Waals surface area contributed by atoms with Gasteiger partial charge in [0.25, 0.3) is 5.91 Å². The number of hydrogen-bond acceptors (Lipinski definition) is 6. The number of carbonyl (C=O) groups excluding carboxylic acids is 4. The highest BCUT2D eigenvalue weighted by Gasteiger charge is 2.32. The maximum atomic E-state index is 12.7. The zero-order chi connectivity index (χ0) is 34.2. The van der Waals surface area contributed by atoms with Gasteiger partial charge in [0.05, 0.1) is 0 Å². The summed E-state index contributed by atoms with van der Waals surface area (Å²) in [6.07, 6.45) is 7.61. The molecular formula is C35H48BrN7O4S. The van der Waals surface area contributed by atoms with Crippen LogP contribution in [0.3, 0.4) is 0 Å². The van der Waals surface area contributed by atoms with Crippen molar-refractivity contribution in [3.63, 3.8) is 0 Å². The van der Waals surface area contributed by atoms with E-state index in [0.717, 1.165) is 73.1 Å². The molecule has 0 bridgehead atoms. The van der Waals surface area contributed by atoms with Gasteiger partial charge < -0.3 is 35.6 Å². The van der Waals surface area contributed by atoms with Crippen LogP contribution in [0.15, 0.2) is 46.9 Å². The summed E-state index contributed by atoms with van der Waals surface area (Å²) in [5.41, 5.74) is 3.71. The van der Waals surface area contributed by atoms with E-state index in [4.69, 9.17) is 0 Å². The van der Waals surface area contributed by atoms with Gasteiger partial charge in [-0.2, -0.15) is 0 Å². The lowest BCUT2D eigenvalue weighted by Gasteiger charge is -2.40. The van der Waals surface area contributed by atoms with Crippen LogP contribution in [0.4, 0.5) is 21.0 Å². The number of aryl methyl sites for hydroxylation is 1. The number of urea groups is 2. The average molecular weight is 743 g/mol. The molecule has 1 atom stereocenters. The van der Waals surface area contributed by atoms with Crippen molar-refractivity contribution in [1.29, 1.82) is 0 Å². The van der Waals surface area contributed by atoms with Crippen LogP contribution in [-0.2, 0) is 16.1 Å². The Balaban J connectivity index is 0.000000198. The Kier molecular flexibility index (Phi) is 12.7. The summed E-state index contributed by atoms with van der Waals surface area (Å²) in [5.74, 6) is -0.0139. The van der Waals surface area contributed by atoms with Crippen molar-refractivity contribution in [3.8, 4) is 0 Å². The summed E-state index contributed by atoms with van der Waals surface area (Å²) >= 11 is 7.73. The normalized spacial score (nSPS) is 19.8. The molecule has 3 N–H and O–H groups in total. The molecule has 6 amide bonds. The van der Waals surface area contributed by atoms with Gasteiger partial charge in [-0.1, -0.05) is 40.5 Å². The molecule has 0 saturated carbocycles. The predicted molar refractivity (Wildman–Crippen MR) is 195 cm³/mol. The number of halogens is 1. The topological polar surface area (TPSA) is 117 Å². The van der Waals surface area contributed by atoms with Crippen molar-refractivity contribution in [2.45, 2.75) is 82.8 Å². The third-order valence-corrected chi connectivity index (χ3v) is 10.7. The lowest BCUT2D eigenvalue weighted by atomic mass is 10.00. The van der Waals surface area contributed by atoms with E-state index in [1.165, 1.54) is 32.4 Å². The van der Waals surface area contributed by atoms with Gasteiger partial charge in [0.2, 0.25) is 5.91 Å². The molecule has 0 spiro atoms. The molecule has 4 heterocycles.